The molecule has 0 aliphatic carbocycles. The topological polar surface area (TPSA) is 79.4 Å². The van der Waals surface area contributed by atoms with Gasteiger partial charge in [-0.05, 0) is 55.0 Å². The monoisotopic (exact) mass is 543 g/mol. The standard InChI is InChI=1S/C27H30ClN3O5S/c1-20-10-11-25(36-3)26(16-20)37(33,34)31(23-8-5-9-24(18-23)35-2)19-27(32)30-14-12-29(13-15-30)22-7-4-6-21(28)17-22/h4-11,16-18H,12-15,19H2,1-3H3. The molecular formula is C27H30ClN3O5S. The van der Waals surface area contributed by atoms with E-state index in [0.717, 1.165) is 15.6 Å². The van der Waals surface area contributed by atoms with Crippen LogP contribution in [-0.2, 0) is 14.8 Å². The third kappa shape index (κ3) is 5.94. The van der Waals surface area contributed by atoms with Crippen LogP contribution in [-0.4, -0.2) is 66.2 Å². The average molecular weight is 544 g/mol. The summed E-state index contributed by atoms with van der Waals surface area (Å²) in [5.74, 6) is 0.404. The quantitative estimate of drug-likeness (QED) is 0.423. The lowest BCUT2D eigenvalue weighted by Gasteiger charge is -2.37. The Morgan fingerprint density at radius 2 is 1.68 bits per heavy atom. The molecule has 1 heterocycles. The van der Waals surface area contributed by atoms with Crippen molar-refractivity contribution in [3.05, 3.63) is 77.3 Å². The first-order chi connectivity index (χ1) is 17.7. The van der Waals surface area contributed by atoms with E-state index in [9.17, 15) is 13.2 Å². The Kier molecular flexibility index (Phi) is 8.14. The van der Waals surface area contributed by atoms with E-state index in [0.29, 0.717) is 42.6 Å². The van der Waals surface area contributed by atoms with E-state index in [-0.39, 0.29) is 23.1 Å². The largest absolute Gasteiger partial charge is 0.497 e. The van der Waals surface area contributed by atoms with Gasteiger partial charge in [-0.3, -0.25) is 9.10 Å². The number of hydrogen-bond acceptors (Lipinski definition) is 6. The van der Waals surface area contributed by atoms with Crippen LogP contribution in [0.4, 0.5) is 11.4 Å². The third-order valence-corrected chi connectivity index (χ3v) is 8.34. The Labute approximate surface area is 223 Å². The average Bonchev–Trinajstić information content (AvgIpc) is 2.91. The fraction of sp³-hybridized carbons (Fsp3) is 0.296. The van der Waals surface area contributed by atoms with E-state index >= 15 is 0 Å². The first-order valence-corrected chi connectivity index (χ1v) is 13.6. The van der Waals surface area contributed by atoms with Gasteiger partial charge in [0, 0.05) is 43.0 Å². The number of anilines is 2. The van der Waals surface area contributed by atoms with Gasteiger partial charge in [-0.1, -0.05) is 29.8 Å². The van der Waals surface area contributed by atoms with Crippen molar-refractivity contribution in [2.45, 2.75) is 11.8 Å². The van der Waals surface area contributed by atoms with Gasteiger partial charge >= 0.3 is 0 Å². The highest BCUT2D eigenvalue weighted by molar-refractivity contribution is 7.93. The van der Waals surface area contributed by atoms with Crippen LogP contribution in [0.25, 0.3) is 0 Å². The van der Waals surface area contributed by atoms with E-state index in [2.05, 4.69) is 4.90 Å². The van der Waals surface area contributed by atoms with E-state index < -0.39 is 10.0 Å². The number of ether oxygens (including phenoxy) is 2. The molecule has 8 nitrogen and oxygen atoms in total. The number of amides is 1. The molecule has 10 heteroatoms. The lowest BCUT2D eigenvalue weighted by molar-refractivity contribution is -0.129. The minimum Gasteiger partial charge on any atom is -0.497 e. The molecule has 4 rings (SSSR count). The van der Waals surface area contributed by atoms with Gasteiger partial charge in [0.05, 0.1) is 19.9 Å². The third-order valence-electron chi connectivity index (χ3n) is 6.31. The molecule has 0 radical (unpaired) electrons. The molecule has 1 saturated heterocycles. The lowest BCUT2D eigenvalue weighted by atomic mass is 10.2. The number of nitrogens with zero attached hydrogens (tertiary/aromatic N) is 3. The Morgan fingerprint density at radius 1 is 0.946 bits per heavy atom. The van der Waals surface area contributed by atoms with E-state index in [1.54, 1.807) is 54.3 Å². The summed E-state index contributed by atoms with van der Waals surface area (Å²) in [5, 5.41) is 0.654. The number of methoxy groups -OCH3 is 2. The summed E-state index contributed by atoms with van der Waals surface area (Å²) in [7, 11) is -1.23. The zero-order valence-electron chi connectivity index (χ0n) is 21.1. The van der Waals surface area contributed by atoms with Crippen LogP contribution < -0.4 is 18.7 Å². The van der Waals surface area contributed by atoms with Crippen LogP contribution in [0.2, 0.25) is 5.02 Å². The molecule has 37 heavy (non-hydrogen) atoms. The van der Waals surface area contributed by atoms with Crippen molar-refractivity contribution in [3.8, 4) is 11.5 Å². The number of benzene rings is 3. The normalized spacial score (nSPS) is 13.8. The van der Waals surface area contributed by atoms with E-state index in [1.165, 1.54) is 14.2 Å². The Bertz CT molecular complexity index is 1370. The molecule has 1 aliphatic heterocycles. The smallest absolute Gasteiger partial charge is 0.268 e. The minimum absolute atomic E-state index is 0.00334. The van der Waals surface area contributed by atoms with Gasteiger partial charge in [0.25, 0.3) is 10.0 Å². The molecule has 0 aromatic heterocycles. The Hall–Kier alpha value is -3.43. The molecule has 3 aromatic rings. The maximum atomic E-state index is 14.0. The predicted molar refractivity (Wildman–Crippen MR) is 146 cm³/mol. The zero-order chi connectivity index (χ0) is 26.6. The maximum Gasteiger partial charge on any atom is 0.268 e. The van der Waals surface area contributed by atoms with Crippen molar-refractivity contribution in [2.75, 3.05) is 56.1 Å². The molecule has 1 fully saturated rings. The number of rotatable bonds is 8. The SMILES string of the molecule is COc1cccc(N(CC(=O)N2CCN(c3cccc(Cl)c3)CC2)S(=O)(=O)c2cc(C)ccc2OC)c1. The highest BCUT2D eigenvalue weighted by atomic mass is 35.5. The second-order valence-corrected chi connectivity index (χ2v) is 11.0. The van der Waals surface area contributed by atoms with E-state index in [1.807, 2.05) is 24.3 Å². The fourth-order valence-electron chi connectivity index (χ4n) is 4.29. The fourth-order valence-corrected chi connectivity index (χ4v) is 6.13. The van der Waals surface area contributed by atoms with Crippen molar-refractivity contribution < 1.29 is 22.7 Å². The van der Waals surface area contributed by atoms with Crippen molar-refractivity contribution in [1.29, 1.82) is 0 Å². The highest BCUT2D eigenvalue weighted by Gasteiger charge is 2.32. The first kappa shape index (κ1) is 26.6. The number of carbonyl (C=O) groups is 1. The molecule has 0 atom stereocenters. The summed E-state index contributed by atoms with van der Waals surface area (Å²) < 4.78 is 39.7. The number of carbonyl (C=O) groups excluding carboxylic acids is 1. The van der Waals surface area contributed by atoms with Gasteiger partial charge in [0.1, 0.15) is 22.9 Å². The van der Waals surface area contributed by atoms with Crippen LogP contribution in [0.15, 0.2) is 71.6 Å². The van der Waals surface area contributed by atoms with Gasteiger partial charge in [-0.2, -0.15) is 0 Å². The second-order valence-electron chi connectivity index (χ2n) is 8.72. The summed E-state index contributed by atoms with van der Waals surface area (Å²) in [6.07, 6.45) is 0. The molecule has 0 bridgehead atoms. The first-order valence-electron chi connectivity index (χ1n) is 11.8. The lowest BCUT2D eigenvalue weighted by Crippen LogP contribution is -2.52. The summed E-state index contributed by atoms with van der Waals surface area (Å²) >= 11 is 6.13. The van der Waals surface area contributed by atoms with Crippen molar-refractivity contribution in [3.63, 3.8) is 0 Å². The predicted octanol–water partition coefficient (Wildman–Crippen LogP) is 4.21. The van der Waals surface area contributed by atoms with E-state index in [4.69, 9.17) is 21.1 Å². The van der Waals surface area contributed by atoms with Gasteiger partial charge < -0.3 is 19.3 Å². The number of hydrogen-bond donors (Lipinski definition) is 0. The van der Waals surface area contributed by atoms with Gasteiger partial charge in [0.2, 0.25) is 5.91 Å². The Balaban J connectivity index is 1.61. The van der Waals surface area contributed by atoms with Crippen molar-refractivity contribution >= 4 is 38.9 Å². The second kappa shape index (κ2) is 11.3. The van der Waals surface area contributed by atoms with Crippen molar-refractivity contribution in [2.24, 2.45) is 0 Å². The van der Waals surface area contributed by atoms with Crippen LogP contribution >= 0.6 is 11.6 Å². The number of piperazine rings is 1. The summed E-state index contributed by atoms with van der Waals surface area (Å²) in [4.78, 5) is 17.3. The summed E-state index contributed by atoms with van der Waals surface area (Å²) in [6, 6.07) is 19.2. The number of sulfonamides is 1. The van der Waals surface area contributed by atoms with Gasteiger partial charge in [-0.25, -0.2) is 8.42 Å². The zero-order valence-corrected chi connectivity index (χ0v) is 22.6. The molecule has 1 aliphatic rings. The molecular weight excluding hydrogens is 514 g/mol. The number of halogens is 1. The van der Waals surface area contributed by atoms with Crippen LogP contribution in [0.1, 0.15) is 5.56 Å². The molecule has 0 N–H and O–H groups in total. The van der Waals surface area contributed by atoms with Crippen LogP contribution in [0.5, 0.6) is 11.5 Å². The molecule has 0 unspecified atom stereocenters. The molecule has 0 spiro atoms. The highest BCUT2D eigenvalue weighted by Crippen LogP contribution is 2.32. The van der Waals surface area contributed by atoms with Crippen molar-refractivity contribution in [1.82, 2.24) is 4.90 Å². The van der Waals surface area contributed by atoms with Gasteiger partial charge in [0.15, 0.2) is 0 Å². The Morgan fingerprint density at radius 3 is 2.35 bits per heavy atom. The molecule has 1 amide bonds. The molecule has 3 aromatic carbocycles. The molecule has 0 saturated carbocycles. The minimum atomic E-state index is -4.16. The summed E-state index contributed by atoms with van der Waals surface area (Å²) in [5.41, 5.74) is 2.08. The number of aryl methyl sites for hydroxylation is 1. The maximum absolute atomic E-state index is 14.0. The molecule has 196 valence electrons. The van der Waals surface area contributed by atoms with Crippen LogP contribution in [0, 0.1) is 6.92 Å². The van der Waals surface area contributed by atoms with Gasteiger partial charge in [-0.15, -0.1) is 0 Å². The summed E-state index contributed by atoms with van der Waals surface area (Å²) in [6.45, 7) is 3.60. The van der Waals surface area contributed by atoms with Crippen LogP contribution in [0.3, 0.4) is 0 Å².